The summed E-state index contributed by atoms with van der Waals surface area (Å²) in [6, 6.07) is 14.9. The van der Waals surface area contributed by atoms with Gasteiger partial charge in [-0.05, 0) is 30.2 Å². The summed E-state index contributed by atoms with van der Waals surface area (Å²) >= 11 is 3.36. The van der Waals surface area contributed by atoms with Gasteiger partial charge in [-0.15, -0.1) is 0 Å². The first-order chi connectivity index (χ1) is 13.3. The van der Waals surface area contributed by atoms with Crippen LogP contribution in [0.25, 0.3) is 0 Å². The third-order valence-electron chi connectivity index (χ3n) is 3.87. The summed E-state index contributed by atoms with van der Waals surface area (Å²) in [5, 5.41) is 3.90. The molecule has 1 amide bonds. The number of rotatable bonds is 9. The number of nitrogens with zero attached hydrogens (tertiary/aromatic N) is 2. The zero-order valence-corrected chi connectivity index (χ0v) is 18.0. The van der Waals surface area contributed by atoms with Crippen molar-refractivity contribution in [2.45, 2.75) is 6.42 Å². The van der Waals surface area contributed by atoms with Crippen LogP contribution in [0, 0.1) is 0 Å². The number of sulfonamides is 1. The topological polar surface area (TPSA) is 88.1 Å². The molecule has 0 atom stereocenters. The van der Waals surface area contributed by atoms with Crippen molar-refractivity contribution in [3.8, 4) is 5.75 Å². The lowest BCUT2D eigenvalue weighted by molar-refractivity contribution is -0.121. The molecule has 2 aromatic rings. The molecule has 0 aliphatic rings. The third kappa shape index (κ3) is 7.06. The van der Waals surface area contributed by atoms with Gasteiger partial charge in [0.05, 0.1) is 26.1 Å². The van der Waals surface area contributed by atoms with E-state index in [1.165, 1.54) is 13.3 Å². The maximum Gasteiger partial charge on any atom is 0.255 e. The Morgan fingerprint density at radius 3 is 2.61 bits per heavy atom. The van der Waals surface area contributed by atoms with Crippen molar-refractivity contribution in [3.05, 3.63) is 64.1 Å². The van der Waals surface area contributed by atoms with Gasteiger partial charge >= 0.3 is 0 Å². The summed E-state index contributed by atoms with van der Waals surface area (Å²) < 4.78 is 31.2. The molecule has 0 aliphatic carbocycles. The predicted molar refractivity (Wildman–Crippen MR) is 113 cm³/mol. The molecule has 0 saturated carbocycles. The van der Waals surface area contributed by atoms with Gasteiger partial charge in [0.25, 0.3) is 5.91 Å². The van der Waals surface area contributed by atoms with Gasteiger partial charge in [-0.3, -0.25) is 4.79 Å². The van der Waals surface area contributed by atoms with Crippen molar-refractivity contribution in [2.24, 2.45) is 5.10 Å². The van der Waals surface area contributed by atoms with E-state index >= 15 is 0 Å². The Kier molecular flexibility index (Phi) is 8.16. The van der Waals surface area contributed by atoms with E-state index in [0.717, 1.165) is 20.6 Å². The van der Waals surface area contributed by atoms with Crippen LogP contribution in [0.1, 0.15) is 11.1 Å². The van der Waals surface area contributed by atoms with Crippen molar-refractivity contribution in [2.75, 3.05) is 26.5 Å². The van der Waals surface area contributed by atoms with Crippen LogP contribution in [-0.2, 0) is 21.2 Å². The Bertz CT molecular complexity index is 933. The smallest absolute Gasteiger partial charge is 0.255 e. The largest absolute Gasteiger partial charge is 0.496 e. The lowest BCUT2D eigenvalue weighted by Crippen LogP contribution is -2.40. The molecule has 2 aromatic carbocycles. The number of halogens is 1. The van der Waals surface area contributed by atoms with Crippen molar-refractivity contribution in [1.82, 2.24) is 9.73 Å². The van der Waals surface area contributed by atoms with E-state index in [2.05, 4.69) is 26.5 Å². The SMILES string of the molecule is COc1ccc(Br)cc1C=NNC(=O)CN(CCc1ccccc1)S(C)(=O)=O. The normalized spacial score (nSPS) is 11.7. The fourth-order valence-electron chi connectivity index (χ4n) is 2.44. The van der Waals surface area contributed by atoms with Gasteiger partial charge in [0.2, 0.25) is 10.0 Å². The van der Waals surface area contributed by atoms with E-state index in [-0.39, 0.29) is 13.1 Å². The van der Waals surface area contributed by atoms with E-state index in [4.69, 9.17) is 4.74 Å². The highest BCUT2D eigenvalue weighted by molar-refractivity contribution is 9.10. The zero-order chi connectivity index (χ0) is 20.6. The number of carbonyl (C=O) groups excluding carboxylic acids is 1. The molecule has 0 bridgehead atoms. The first-order valence-corrected chi connectivity index (χ1v) is 11.1. The second-order valence-corrected chi connectivity index (χ2v) is 8.91. The minimum atomic E-state index is -3.53. The Morgan fingerprint density at radius 1 is 1.25 bits per heavy atom. The van der Waals surface area contributed by atoms with Gasteiger partial charge in [0, 0.05) is 16.6 Å². The quantitative estimate of drug-likeness (QED) is 0.452. The Labute approximate surface area is 173 Å². The number of methoxy groups -OCH3 is 1. The molecular formula is C19H22BrN3O4S. The van der Waals surface area contributed by atoms with Crippen LogP contribution in [-0.4, -0.2) is 51.3 Å². The lowest BCUT2D eigenvalue weighted by Gasteiger charge is -2.18. The molecule has 2 rings (SSSR count). The number of hydrogen-bond acceptors (Lipinski definition) is 5. The minimum Gasteiger partial charge on any atom is -0.496 e. The fraction of sp³-hybridized carbons (Fsp3) is 0.263. The Morgan fingerprint density at radius 2 is 1.96 bits per heavy atom. The molecule has 0 aliphatic heterocycles. The van der Waals surface area contributed by atoms with Crippen LogP contribution in [0.3, 0.4) is 0 Å². The maximum absolute atomic E-state index is 12.2. The molecule has 0 radical (unpaired) electrons. The highest BCUT2D eigenvalue weighted by Gasteiger charge is 2.19. The van der Waals surface area contributed by atoms with Crippen LogP contribution >= 0.6 is 15.9 Å². The summed E-state index contributed by atoms with van der Waals surface area (Å²) in [6.45, 7) is -0.0991. The van der Waals surface area contributed by atoms with Crippen molar-refractivity contribution in [1.29, 1.82) is 0 Å². The Balaban J connectivity index is 1.97. The molecule has 0 fully saturated rings. The van der Waals surface area contributed by atoms with Crippen LogP contribution < -0.4 is 10.2 Å². The number of hydrogen-bond donors (Lipinski definition) is 1. The molecule has 1 N–H and O–H groups in total. The van der Waals surface area contributed by atoms with Crippen LogP contribution in [0.5, 0.6) is 5.75 Å². The average Bonchev–Trinajstić information content (AvgIpc) is 2.65. The summed E-state index contributed by atoms with van der Waals surface area (Å²) in [5.41, 5.74) is 4.02. The molecule has 7 nitrogen and oxygen atoms in total. The second kappa shape index (κ2) is 10.4. The molecular weight excluding hydrogens is 446 g/mol. The number of carbonyl (C=O) groups is 1. The number of benzene rings is 2. The van der Waals surface area contributed by atoms with E-state index in [0.29, 0.717) is 17.7 Å². The van der Waals surface area contributed by atoms with Crippen molar-refractivity contribution < 1.29 is 17.9 Å². The van der Waals surface area contributed by atoms with E-state index in [1.807, 2.05) is 36.4 Å². The summed E-state index contributed by atoms with van der Waals surface area (Å²) in [7, 11) is -1.99. The van der Waals surface area contributed by atoms with Crippen molar-refractivity contribution in [3.63, 3.8) is 0 Å². The number of nitrogens with one attached hydrogen (secondary N) is 1. The van der Waals surface area contributed by atoms with Crippen LogP contribution in [0.4, 0.5) is 0 Å². The van der Waals surface area contributed by atoms with E-state index in [1.54, 1.807) is 12.1 Å². The second-order valence-electron chi connectivity index (χ2n) is 6.01. The van der Waals surface area contributed by atoms with Crippen LogP contribution in [0.2, 0.25) is 0 Å². The van der Waals surface area contributed by atoms with Gasteiger partial charge in [-0.25, -0.2) is 13.8 Å². The molecule has 0 saturated heterocycles. The highest BCUT2D eigenvalue weighted by Crippen LogP contribution is 2.21. The van der Waals surface area contributed by atoms with Crippen molar-refractivity contribution >= 4 is 38.1 Å². The predicted octanol–water partition coefficient (Wildman–Crippen LogP) is 2.41. The highest BCUT2D eigenvalue weighted by atomic mass is 79.9. The maximum atomic E-state index is 12.2. The summed E-state index contributed by atoms with van der Waals surface area (Å²) in [6.07, 6.45) is 3.04. The minimum absolute atomic E-state index is 0.208. The monoisotopic (exact) mass is 467 g/mol. The van der Waals surface area contributed by atoms with Gasteiger partial charge in [0.15, 0.2) is 0 Å². The molecule has 0 heterocycles. The first kappa shape index (κ1) is 22.1. The number of ether oxygens (including phenoxy) is 1. The van der Waals surface area contributed by atoms with Gasteiger partial charge in [-0.1, -0.05) is 46.3 Å². The Hall–Kier alpha value is -2.23. The molecule has 28 heavy (non-hydrogen) atoms. The molecule has 9 heteroatoms. The number of amides is 1. The standard InChI is InChI=1S/C19H22BrN3O4S/c1-27-18-9-8-17(20)12-16(18)13-21-22-19(24)14-23(28(2,25)26)11-10-15-6-4-3-5-7-15/h3-9,12-13H,10-11,14H2,1-2H3,(H,22,24). The molecule has 0 unspecified atom stereocenters. The average molecular weight is 468 g/mol. The third-order valence-corrected chi connectivity index (χ3v) is 5.61. The van der Waals surface area contributed by atoms with Crippen LogP contribution in [0.15, 0.2) is 58.1 Å². The lowest BCUT2D eigenvalue weighted by atomic mass is 10.1. The number of hydrazone groups is 1. The van der Waals surface area contributed by atoms with E-state index < -0.39 is 15.9 Å². The fourth-order valence-corrected chi connectivity index (χ4v) is 3.59. The zero-order valence-electron chi connectivity index (χ0n) is 15.6. The summed E-state index contributed by atoms with van der Waals surface area (Å²) in [4.78, 5) is 12.2. The van der Waals surface area contributed by atoms with E-state index in [9.17, 15) is 13.2 Å². The summed E-state index contributed by atoms with van der Waals surface area (Å²) in [5.74, 6) is 0.0746. The molecule has 150 valence electrons. The first-order valence-electron chi connectivity index (χ1n) is 8.44. The molecule has 0 aromatic heterocycles. The van der Waals surface area contributed by atoms with Gasteiger partial charge in [0.1, 0.15) is 5.75 Å². The molecule has 0 spiro atoms. The van der Waals surface area contributed by atoms with Gasteiger partial charge < -0.3 is 4.74 Å². The van der Waals surface area contributed by atoms with Gasteiger partial charge in [-0.2, -0.15) is 9.41 Å².